The highest BCUT2D eigenvalue weighted by molar-refractivity contribution is 7.17. The van der Waals surface area contributed by atoms with Crippen molar-refractivity contribution in [2.24, 2.45) is 0 Å². The summed E-state index contributed by atoms with van der Waals surface area (Å²) >= 11 is 1.66. The van der Waals surface area contributed by atoms with Crippen molar-refractivity contribution >= 4 is 27.4 Å². The first-order valence-corrected chi connectivity index (χ1v) is 10.1. The van der Waals surface area contributed by atoms with Gasteiger partial charge in [0.05, 0.1) is 22.9 Å². The molecule has 0 bridgehead atoms. The predicted molar refractivity (Wildman–Crippen MR) is 108 cm³/mol. The summed E-state index contributed by atoms with van der Waals surface area (Å²) in [5, 5.41) is 15.8. The van der Waals surface area contributed by atoms with Gasteiger partial charge in [-0.2, -0.15) is 0 Å². The molecule has 0 aromatic carbocycles. The summed E-state index contributed by atoms with van der Waals surface area (Å²) in [5.74, 6) is 2.27. The molecule has 142 valence electrons. The zero-order valence-corrected chi connectivity index (χ0v) is 16.4. The Hall–Kier alpha value is -2.25. The minimum Gasteiger partial charge on any atom is -0.481 e. The van der Waals surface area contributed by atoms with Crippen molar-refractivity contribution in [2.45, 2.75) is 50.7 Å². The number of fused-ring (bicyclic) bond motifs is 1. The van der Waals surface area contributed by atoms with Gasteiger partial charge in [0.1, 0.15) is 11.6 Å². The second-order valence-electron chi connectivity index (χ2n) is 7.42. The molecule has 1 saturated carbocycles. The molecular weight excluding hydrogens is 360 g/mol. The SMILES string of the molecule is COc1cc(Cc2nc(NC3CCC(C)(O)CC3)c3sccc3n2)ccn1. The van der Waals surface area contributed by atoms with Crippen LogP contribution < -0.4 is 10.1 Å². The van der Waals surface area contributed by atoms with Crippen LogP contribution in [0.15, 0.2) is 29.8 Å². The Morgan fingerprint density at radius 3 is 2.89 bits per heavy atom. The minimum atomic E-state index is -0.534. The van der Waals surface area contributed by atoms with Crippen LogP contribution in [-0.2, 0) is 6.42 Å². The number of aromatic nitrogens is 3. The Bertz CT molecular complexity index is 931. The van der Waals surface area contributed by atoms with Gasteiger partial charge in [-0.05, 0) is 55.7 Å². The van der Waals surface area contributed by atoms with E-state index in [1.807, 2.05) is 25.1 Å². The van der Waals surface area contributed by atoms with Crippen molar-refractivity contribution in [3.8, 4) is 5.88 Å². The van der Waals surface area contributed by atoms with Gasteiger partial charge < -0.3 is 15.2 Å². The summed E-state index contributed by atoms with van der Waals surface area (Å²) < 4.78 is 6.29. The van der Waals surface area contributed by atoms with Crippen molar-refractivity contribution in [2.75, 3.05) is 12.4 Å². The Morgan fingerprint density at radius 1 is 1.30 bits per heavy atom. The number of nitrogens with zero attached hydrogens (tertiary/aromatic N) is 3. The van der Waals surface area contributed by atoms with E-state index in [9.17, 15) is 5.11 Å². The fourth-order valence-corrected chi connectivity index (χ4v) is 4.30. The molecule has 3 aromatic heterocycles. The molecule has 3 heterocycles. The monoisotopic (exact) mass is 384 g/mol. The van der Waals surface area contributed by atoms with Crippen LogP contribution in [0.2, 0.25) is 0 Å². The van der Waals surface area contributed by atoms with Crippen molar-refractivity contribution in [1.82, 2.24) is 15.0 Å². The predicted octanol–water partition coefficient (Wildman–Crippen LogP) is 3.79. The van der Waals surface area contributed by atoms with E-state index in [0.29, 0.717) is 18.3 Å². The maximum absolute atomic E-state index is 10.2. The fraction of sp³-hybridized carbons (Fsp3) is 0.450. The summed E-state index contributed by atoms with van der Waals surface area (Å²) in [4.78, 5) is 13.7. The Kier molecular flexibility index (Phi) is 4.97. The maximum atomic E-state index is 10.2. The molecule has 0 unspecified atom stereocenters. The van der Waals surface area contributed by atoms with E-state index < -0.39 is 5.60 Å². The molecule has 27 heavy (non-hydrogen) atoms. The Labute approximate surface area is 162 Å². The molecular formula is C20H24N4O2S. The second-order valence-corrected chi connectivity index (χ2v) is 8.34. The lowest BCUT2D eigenvalue weighted by Gasteiger charge is -2.33. The highest BCUT2D eigenvalue weighted by atomic mass is 32.1. The van der Waals surface area contributed by atoms with Gasteiger partial charge in [-0.15, -0.1) is 11.3 Å². The summed E-state index contributed by atoms with van der Waals surface area (Å²) in [6, 6.07) is 6.24. The highest BCUT2D eigenvalue weighted by Gasteiger charge is 2.29. The first-order valence-electron chi connectivity index (χ1n) is 9.24. The number of thiophene rings is 1. The third-order valence-electron chi connectivity index (χ3n) is 5.12. The molecule has 0 spiro atoms. The van der Waals surface area contributed by atoms with Crippen LogP contribution in [0.4, 0.5) is 5.82 Å². The first kappa shape index (κ1) is 18.1. The zero-order chi connectivity index (χ0) is 18.9. The molecule has 0 saturated heterocycles. The number of rotatable bonds is 5. The van der Waals surface area contributed by atoms with Crippen LogP contribution in [0.1, 0.15) is 44.0 Å². The van der Waals surface area contributed by atoms with E-state index in [1.165, 1.54) is 0 Å². The average molecular weight is 385 g/mol. The van der Waals surface area contributed by atoms with Crippen LogP contribution in [0.25, 0.3) is 10.2 Å². The van der Waals surface area contributed by atoms with Crippen molar-refractivity contribution in [3.05, 3.63) is 41.2 Å². The number of anilines is 1. The van der Waals surface area contributed by atoms with Gasteiger partial charge in [-0.1, -0.05) is 0 Å². The number of nitrogens with one attached hydrogen (secondary N) is 1. The molecule has 0 atom stereocenters. The molecule has 0 aliphatic heterocycles. The van der Waals surface area contributed by atoms with E-state index in [0.717, 1.165) is 53.1 Å². The maximum Gasteiger partial charge on any atom is 0.213 e. The fourth-order valence-electron chi connectivity index (χ4n) is 3.52. The Balaban J connectivity index is 1.58. The second kappa shape index (κ2) is 7.40. The highest BCUT2D eigenvalue weighted by Crippen LogP contribution is 2.32. The summed E-state index contributed by atoms with van der Waals surface area (Å²) in [5.41, 5.74) is 1.50. The van der Waals surface area contributed by atoms with Crippen LogP contribution >= 0.6 is 11.3 Å². The summed E-state index contributed by atoms with van der Waals surface area (Å²) in [6.07, 6.45) is 5.88. The van der Waals surface area contributed by atoms with Crippen LogP contribution in [0.3, 0.4) is 0 Å². The molecule has 3 aromatic rings. The summed E-state index contributed by atoms with van der Waals surface area (Å²) in [6.45, 7) is 1.92. The Morgan fingerprint density at radius 2 is 2.11 bits per heavy atom. The van der Waals surface area contributed by atoms with E-state index >= 15 is 0 Å². The summed E-state index contributed by atoms with van der Waals surface area (Å²) in [7, 11) is 1.61. The minimum absolute atomic E-state index is 0.333. The molecule has 0 amide bonds. The normalized spacial score (nSPS) is 22.7. The number of methoxy groups -OCH3 is 1. The average Bonchev–Trinajstić information content (AvgIpc) is 3.12. The smallest absolute Gasteiger partial charge is 0.213 e. The van der Waals surface area contributed by atoms with Crippen molar-refractivity contribution < 1.29 is 9.84 Å². The third-order valence-corrected chi connectivity index (χ3v) is 6.03. The molecule has 1 aliphatic carbocycles. The molecule has 1 fully saturated rings. The van der Waals surface area contributed by atoms with Crippen LogP contribution in [0, 0.1) is 0 Å². The van der Waals surface area contributed by atoms with E-state index in [4.69, 9.17) is 14.7 Å². The topological polar surface area (TPSA) is 80.2 Å². The standard InChI is InChI=1S/C20H24N4O2S/c1-20(25)7-3-14(4-8-20)22-19-18-15(6-10-27-18)23-16(24-19)11-13-5-9-21-17(12-13)26-2/h5-6,9-10,12,14,25H,3-4,7-8,11H2,1-2H3,(H,22,23,24). The molecule has 7 heteroatoms. The molecule has 2 N–H and O–H groups in total. The number of ether oxygens (including phenoxy) is 1. The van der Waals surface area contributed by atoms with E-state index in [-0.39, 0.29) is 0 Å². The number of hydrogen-bond donors (Lipinski definition) is 2. The first-order chi connectivity index (χ1) is 13.0. The van der Waals surface area contributed by atoms with Gasteiger partial charge in [0, 0.05) is 24.7 Å². The number of pyridine rings is 1. The van der Waals surface area contributed by atoms with E-state index in [1.54, 1.807) is 24.6 Å². The largest absolute Gasteiger partial charge is 0.481 e. The van der Waals surface area contributed by atoms with Gasteiger partial charge in [0.25, 0.3) is 0 Å². The molecule has 6 nitrogen and oxygen atoms in total. The van der Waals surface area contributed by atoms with Gasteiger partial charge in [-0.3, -0.25) is 0 Å². The number of aliphatic hydroxyl groups is 1. The van der Waals surface area contributed by atoms with Gasteiger partial charge in [-0.25, -0.2) is 15.0 Å². The van der Waals surface area contributed by atoms with Crippen LogP contribution in [0.5, 0.6) is 5.88 Å². The zero-order valence-electron chi connectivity index (χ0n) is 15.6. The van der Waals surface area contributed by atoms with Crippen molar-refractivity contribution in [3.63, 3.8) is 0 Å². The quantitative estimate of drug-likeness (QED) is 0.697. The molecule has 1 aliphatic rings. The van der Waals surface area contributed by atoms with Gasteiger partial charge >= 0.3 is 0 Å². The third kappa shape index (κ3) is 4.20. The lowest BCUT2D eigenvalue weighted by atomic mass is 9.84. The van der Waals surface area contributed by atoms with Crippen LogP contribution in [-0.4, -0.2) is 38.8 Å². The lowest BCUT2D eigenvalue weighted by Crippen LogP contribution is -2.36. The molecule has 0 radical (unpaired) electrons. The molecule has 4 rings (SSSR count). The lowest BCUT2D eigenvalue weighted by molar-refractivity contribution is 0.0196. The van der Waals surface area contributed by atoms with Gasteiger partial charge in [0.15, 0.2) is 0 Å². The van der Waals surface area contributed by atoms with Crippen molar-refractivity contribution in [1.29, 1.82) is 0 Å². The number of hydrogen-bond acceptors (Lipinski definition) is 7. The van der Waals surface area contributed by atoms with Gasteiger partial charge in [0.2, 0.25) is 5.88 Å². The van der Waals surface area contributed by atoms with E-state index in [2.05, 4.69) is 15.7 Å².